The molecule has 0 spiro atoms. The second-order valence-electron chi connectivity index (χ2n) is 4.80. The van der Waals surface area contributed by atoms with E-state index in [4.69, 9.17) is 11.6 Å². The predicted octanol–water partition coefficient (Wildman–Crippen LogP) is 5.18. The Hall–Kier alpha value is -0.970. The first kappa shape index (κ1) is 18.4. The van der Waals surface area contributed by atoms with E-state index in [1.165, 1.54) is 24.2 Å². The van der Waals surface area contributed by atoms with Crippen molar-refractivity contribution in [3.8, 4) is 0 Å². The molecule has 1 aromatic heterocycles. The normalized spacial score (nSPS) is 11.6. The fraction of sp³-hybridized carbons (Fsp3) is 0.267. The molecule has 0 aliphatic carbocycles. The highest BCUT2D eigenvalue weighted by molar-refractivity contribution is 8.00. The van der Waals surface area contributed by atoms with Gasteiger partial charge in [0.2, 0.25) is 0 Å². The van der Waals surface area contributed by atoms with Gasteiger partial charge < -0.3 is 4.31 Å². The largest absolute Gasteiger partial charge is 0.417 e. The summed E-state index contributed by atoms with van der Waals surface area (Å²) in [5, 5.41) is 0.619. The SMILES string of the molecule is CCCN(Sc1ccc(P)c(C(F)(F)F)c1)c1cncc(Cl)c1. The molecule has 1 atom stereocenters. The maximum atomic E-state index is 13.0. The minimum atomic E-state index is -4.37. The third-order valence-electron chi connectivity index (χ3n) is 2.95. The van der Waals surface area contributed by atoms with E-state index >= 15 is 0 Å². The van der Waals surface area contributed by atoms with Gasteiger partial charge in [0.25, 0.3) is 0 Å². The quantitative estimate of drug-likeness (QED) is 0.527. The average Bonchev–Trinajstić information content (AvgIpc) is 2.47. The standard InChI is InChI=1S/C15H15ClF3N2PS/c1-2-5-21(11-6-10(16)8-20-9-11)23-12-3-4-14(22)13(7-12)15(17,18)19/h3-4,6-9H,2,5,22H2,1H3. The van der Waals surface area contributed by atoms with E-state index in [0.29, 0.717) is 16.5 Å². The number of halogens is 4. The van der Waals surface area contributed by atoms with Crippen molar-refractivity contribution in [2.75, 3.05) is 10.8 Å². The topological polar surface area (TPSA) is 16.1 Å². The molecule has 124 valence electrons. The van der Waals surface area contributed by atoms with Crippen molar-refractivity contribution in [3.63, 3.8) is 0 Å². The molecule has 0 N–H and O–H groups in total. The first-order valence-electron chi connectivity index (χ1n) is 6.84. The number of rotatable bonds is 5. The Balaban J connectivity index is 2.30. The lowest BCUT2D eigenvalue weighted by Gasteiger charge is -2.23. The molecule has 0 amide bonds. The Bertz CT molecular complexity index is 682. The van der Waals surface area contributed by atoms with E-state index < -0.39 is 11.7 Å². The third kappa shape index (κ3) is 5.00. The number of aromatic nitrogens is 1. The Morgan fingerprint density at radius 3 is 2.61 bits per heavy atom. The number of anilines is 1. The number of alkyl halides is 3. The van der Waals surface area contributed by atoms with Gasteiger partial charge in [-0.2, -0.15) is 13.2 Å². The molecule has 0 radical (unpaired) electrons. The number of hydrogen-bond donors (Lipinski definition) is 0. The number of benzene rings is 1. The van der Waals surface area contributed by atoms with Gasteiger partial charge >= 0.3 is 6.18 Å². The van der Waals surface area contributed by atoms with Crippen LogP contribution in [-0.2, 0) is 6.18 Å². The molecule has 2 nitrogen and oxygen atoms in total. The van der Waals surface area contributed by atoms with Crippen LogP contribution in [0.5, 0.6) is 0 Å². The summed E-state index contributed by atoms with van der Waals surface area (Å²) >= 11 is 7.19. The maximum Gasteiger partial charge on any atom is 0.417 e. The molecule has 0 saturated heterocycles. The van der Waals surface area contributed by atoms with Crippen LogP contribution in [0.15, 0.2) is 41.6 Å². The van der Waals surface area contributed by atoms with Crippen LogP contribution in [0.1, 0.15) is 18.9 Å². The Morgan fingerprint density at radius 1 is 1.26 bits per heavy atom. The lowest BCUT2D eigenvalue weighted by Crippen LogP contribution is -2.17. The first-order valence-corrected chi connectivity index (χ1v) is 8.57. The van der Waals surface area contributed by atoms with E-state index in [2.05, 4.69) is 14.2 Å². The Labute approximate surface area is 144 Å². The summed E-state index contributed by atoms with van der Waals surface area (Å²) in [4.78, 5) is 4.54. The molecule has 23 heavy (non-hydrogen) atoms. The van der Waals surface area contributed by atoms with Crippen molar-refractivity contribution >= 4 is 43.8 Å². The summed E-state index contributed by atoms with van der Waals surface area (Å²) in [6.45, 7) is 2.66. The molecule has 1 unspecified atom stereocenters. The average molecular weight is 379 g/mol. The highest BCUT2D eigenvalue weighted by Gasteiger charge is 2.32. The van der Waals surface area contributed by atoms with Crippen molar-refractivity contribution in [2.45, 2.75) is 24.4 Å². The number of hydrogen-bond acceptors (Lipinski definition) is 3. The van der Waals surface area contributed by atoms with Crippen LogP contribution < -0.4 is 9.61 Å². The number of pyridine rings is 1. The summed E-state index contributed by atoms with van der Waals surface area (Å²) in [5.41, 5.74) is 0.112. The minimum absolute atomic E-state index is 0.133. The van der Waals surface area contributed by atoms with Gasteiger partial charge in [-0.1, -0.05) is 24.6 Å². The molecular formula is C15H15ClF3N2PS. The molecule has 0 aliphatic heterocycles. The highest BCUT2D eigenvalue weighted by atomic mass is 35.5. The monoisotopic (exact) mass is 378 g/mol. The molecule has 0 aliphatic rings. The molecule has 0 saturated carbocycles. The van der Waals surface area contributed by atoms with Gasteiger partial charge in [-0.05, 0) is 41.9 Å². The molecular weight excluding hydrogens is 364 g/mol. The second-order valence-corrected chi connectivity index (χ2v) is 6.95. The Kier molecular flexibility index (Phi) is 6.18. The lowest BCUT2D eigenvalue weighted by atomic mass is 10.2. The van der Waals surface area contributed by atoms with Crippen LogP contribution >= 0.6 is 32.8 Å². The molecule has 8 heteroatoms. The van der Waals surface area contributed by atoms with E-state index in [1.807, 2.05) is 11.2 Å². The fourth-order valence-corrected chi connectivity index (χ4v) is 3.48. The van der Waals surface area contributed by atoms with Gasteiger partial charge in [0.05, 0.1) is 22.5 Å². The smallest absolute Gasteiger partial charge is 0.311 e. The van der Waals surface area contributed by atoms with Gasteiger partial charge in [0.15, 0.2) is 0 Å². The van der Waals surface area contributed by atoms with Gasteiger partial charge in [0, 0.05) is 17.6 Å². The lowest BCUT2D eigenvalue weighted by molar-refractivity contribution is -0.136. The van der Waals surface area contributed by atoms with Crippen molar-refractivity contribution in [3.05, 3.63) is 47.2 Å². The summed E-state index contributed by atoms with van der Waals surface area (Å²) in [5.74, 6) is 0. The molecule has 0 bridgehead atoms. The van der Waals surface area contributed by atoms with Crippen molar-refractivity contribution in [2.24, 2.45) is 0 Å². The summed E-state index contributed by atoms with van der Waals surface area (Å²) in [6, 6.07) is 6.03. The summed E-state index contributed by atoms with van der Waals surface area (Å²) < 4.78 is 41.0. The van der Waals surface area contributed by atoms with Gasteiger partial charge in [-0.25, -0.2) is 0 Å². The van der Waals surface area contributed by atoms with E-state index in [1.54, 1.807) is 18.3 Å². The fourth-order valence-electron chi connectivity index (χ4n) is 1.93. The third-order valence-corrected chi connectivity index (χ3v) is 4.74. The zero-order valence-corrected chi connectivity index (χ0v) is 15.0. The zero-order chi connectivity index (χ0) is 17.0. The van der Waals surface area contributed by atoms with Crippen LogP contribution in [0.3, 0.4) is 0 Å². The predicted molar refractivity (Wildman–Crippen MR) is 93.5 cm³/mol. The van der Waals surface area contributed by atoms with E-state index in [-0.39, 0.29) is 5.30 Å². The van der Waals surface area contributed by atoms with Crippen LogP contribution in [0, 0.1) is 0 Å². The highest BCUT2D eigenvalue weighted by Crippen LogP contribution is 2.34. The van der Waals surface area contributed by atoms with E-state index in [0.717, 1.165) is 18.2 Å². The van der Waals surface area contributed by atoms with Gasteiger partial charge in [-0.15, -0.1) is 9.24 Å². The van der Waals surface area contributed by atoms with E-state index in [9.17, 15) is 13.2 Å². The van der Waals surface area contributed by atoms with Crippen LogP contribution in [0.2, 0.25) is 5.02 Å². The molecule has 2 rings (SSSR count). The summed E-state index contributed by atoms with van der Waals surface area (Å²) in [6.07, 6.45) is -0.373. The number of nitrogens with zero attached hydrogens (tertiary/aromatic N) is 2. The summed E-state index contributed by atoms with van der Waals surface area (Å²) in [7, 11) is 2.12. The van der Waals surface area contributed by atoms with Gasteiger partial charge in [0.1, 0.15) is 0 Å². The Morgan fingerprint density at radius 2 is 2.00 bits per heavy atom. The van der Waals surface area contributed by atoms with Gasteiger partial charge in [-0.3, -0.25) is 4.98 Å². The van der Waals surface area contributed by atoms with Crippen LogP contribution in [0.25, 0.3) is 0 Å². The van der Waals surface area contributed by atoms with Crippen LogP contribution in [-0.4, -0.2) is 11.5 Å². The first-order chi connectivity index (χ1) is 10.8. The molecule has 0 fully saturated rings. The van der Waals surface area contributed by atoms with Crippen LogP contribution in [0.4, 0.5) is 18.9 Å². The molecule has 2 aromatic rings. The minimum Gasteiger partial charge on any atom is -0.311 e. The zero-order valence-electron chi connectivity index (χ0n) is 12.3. The van der Waals surface area contributed by atoms with Crippen molar-refractivity contribution in [1.82, 2.24) is 4.98 Å². The van der Waals surface area contributed by atoms with Crippen molar-refractivity contribution in [1.29, 1.82) is 0 Å². The maximum absolute atomic E-state index is 13.0. The van der Waals surface area contributed by atoms with Crippen molar-refractivity contribution < 1.29 is 13.2 Å². The molecule has 1 heterocycles. The molecule has 1 aromatic carbocycles. The second kappa shape index (κ2) is 7.73.